The van der Waals surface area contributed by atoms with Gasteiger partial charge in [-0.3, -0.25) is 4.79 Å². The minimum absolute atomic E-state index is 0.255. The van der Waals surface area contributed by atoms with Gasteiger partial charge in [0.1, 0.15) is 11.5 Å². The Labute approximate surface area is 120 Å². The Hall–Kier alpha value is -1.75. The molecule has 0 aliphatic rings. The lowest BCUT2D eigenvalue weighted by molar-refractivity contribution is -0.120. The van der Waals surface area contributed by atoms with Crippen molar-refractivity contribution in [1.29, 1.82) is 0 Å². The van der Waals surface area contributed by atoms with Gasteiger partial charge in [-0.1, -0.05) is 13.8 Å². The molecule has 0 spiro atoms. The maximum atomic E-state index is 11.1. The maximum Gasteiger partial charge on any atom is 0.217 e. The first-order valence-corrected chi connectivity index (χ1v) is 6.55. The van der Waals surface area contributed by atoms with Crippen molar-refractivity contribution in [3.63, 3.8) is 0 Å². The summed E-state index contributed by atoms with van der Waals surface area (Å²) < 4.78 is 10.5. The summed E-state index contributed by atoms with van der Waals surface area (Å²) in [5, 5.41) is 0. The zero-order valence-corrected chi connectivity index (χ0v) is 12.6. The maximum absolute atomic E-state index is 11.1. The van der Waals surface area contributed by atoms with Crippen LogP contribution in [0.3, 0.4) is 0 Å². The molecule has 1 aromatic rings. The van der Waals surface area contributed by atoms with Crippen LogP contribution in [-0.4, -0.2) is 20.1 Å². The van der Waals surface area contributed by atoms with Crippen LogP contribution in [0, 0.1) is 5.41 Å². The molecule has 1 unspecified atom stereocenters. The highest BCUT2D eigenvalue weighted by molar-refractivity contribution is 5.74. The summed E-state index contributed by atoms with van der Waals surface area (Å²) in [5.41, 5.74) is 12.1. The molecule has 112 valence electrons. The van der Waals surface area contributed by atoms with E-state index in [1.54, 1.807) is 14.2 Å². The molecule has 0 bridgehead atoms. The number of amides is 1. The van der Waals surface area contributed by atoms with E-state index in [-0.39, 0.29) is 17.4 Å². The number of primary amides is 1. The molecule has 0 saturated heterocycles. The van der Waals surface area contributed by atoms with E-state index in [0.717, 1.165) is 11.3 Å². The summed E-state index contributed by atoms with van der Waals surface area (Å²) in [7, 11) is 3.21. The number of benzene rings is 1. The Morgan fingerprint density at radius 3 is 2.45 bits per heavy atom. The molecule has 0 saturated carbocycles. The minimum Gasteiger partial charge on any atom is -0.497 e. The molecule has 0 heterocycles. The van der Waals surface area contributed by atoms with E-state index in [9.17, 15) is 4.79 Å². The quantitative estimate of drug-likeness (QED) is 0.799. The van der Waals surface area contributed by atoms with Crippen molar-refractivity contribution in [2.24, 2.45) is 16.9 Å². The van der Waals surface area contributed by atoms with Gasteiger partial charge in [0.2, 0.25) is 5.91 Å². The molecule has 1 atom stereocenters. The number of hydrogen-bond donors (Lipinski definition) is 2. The first-order valence-electron chi connectivity index (χ1n) is 6.55. The van der Waals surface area contributed by atoms with Gasteiger partial charge in [-0.25, -0.2) is 0 Å². The second-order valence-corrected chi connectivity index (χ2v) is 5.73. The monoisotopic (exact) mass is 280 g/mol. The smallest absolute Gasteiger partial charge is 0.217 e. The molecule has 20 heavy (non-hydrogen) atoms. The highest BCUT2D eigenvalue weighted by Crippen LogP contribution is 2.36. The second-order valence-electron chi connectivity index (χ2n) is 5.73. The average Bonchev–Trinajstić information content (AvgIpc) is 2.35. The van der Waals surface area contributed by atoms with Crippen LogP contribution in [0.4, 0.5) is 0 Å². The van der Waals surface area contributed by atoms with Crippen molar-refractivity contribution in [3.8, 4) is 11.5 Å². The molecule has 0 aliphatic heterocycles. The molecule has 5 nitrogen and oxygen atoms in total. The Balaban J connectivity index is 2.95. The molecule has 4 N–H and O–H groups in total. The van der Waals surface area contributed by atoms with Crippen LogP contribution in [0.1, 0.15) is 38.3 Å². The highest BCUT2D eigenvalue weighted by atomic mass is 16.5. The van der Waals surface area contributed by atoms with E-state index in [4.69, 9.17) is 20.9 Å². The lowest BCUT2D eigenvalue weighted by atomic mass is 9.80. The minimum atomic E-state index is -0.320. The van der Waals surface area contributed by atoms with Crippen molar-refractivity contribution in [2.45, 2.75) is 32.7 Å². The summed E-state index contributed by atoms with van der Waals surface area (Å²) in [6.07, 6.45) is 0.923. The fourth-order valence-corrected chi connectivity index (χ4v) is 2.38. The van der Waals surface area contributed by atoms with Gasteiger partial charge in [0.15, 0.2) is 0 Å². The predicted molar refractivity (Wildman–Crippen MR) is 78.7 cm³/mol. The fourth-order valence-electron chi connectivity index (χ4n) is 2.38. The Morgan fingerprint density at radius 2 is 1.95 bits per heavy atom. The van der Waals surface area contributed by atoms with Crippen LogP contribution < -0.4 is 20.9 Å². The van der Waals surface area contributed by atoms with E-state index in [0.29, 0.717) is 18.6 Å². The largest absolute Gasteiger partial charge is 0.497 e. The molecule has 1 amide bonds. The average molecular weight is 280 g/mol. The van der Waals surface area contributed by atoms with Crippen LogP contribution in [0.15, 0.2) is 18.2 Å². The third kappa shape index (κ3) is 4.42. The Kier molecular flexibility index (Phi) is 5.39. The Morgan fingerprint density at radius 1 is 1.30 bits per heavy atom. The van der Waals surface area contributed by atoms with Gasteiger partial charge in [0.25, 0.3) is 0 Å². The van der Waals surface area contributed by atoms with Crippen LogP contribution >= 0.6 is 0 Å². The van der Waals surface area contributed by atoms with Gasteiger partial charge in [-0.05, 0) is 30.0 Å². The van der Waals surface area contributed by atoms with Gasteiger partial charge in [-0.2, -0.15) is 0 Å². The van der Waals surface area contributed by atoms with Gasteiger partial charge < -0.3 is 20.9 Å². The summed E-state index contributed by atoms with van der Waals surface area (Å²) in [5.74, 6) is 1.12. The molecule has 1 rings (SSSR count). The summed E-state index contributed by atoms with van der Waals surface area (Å²) in [4.78, 5) is 11.1. The highest BCUT2D eigenvalue weighted by Gasteiger charge is 2.26. The molecule has 0 fully saturated rings. The number of carbonyl (C=O) groups excluding carboxylic acids is 1. The lowest BCUT2D eigenvalue weighted by Gasteiger charge is -2.27. The van der Waals surface area contributed by atoms with Crippen molar-refractivity contribution in [2.75, 3.05) is 14.2 Å². The van der Waals surface area contributed by atoms with Gasteiger partial charge in [0.05, 0.1) is 14.2 Å². The summed E-state index contributed by atoms with van der Waals surface area (Å²) in [6, 6.07) is 5.26. The van der Waals surface area contributed by atoms with E-state index in [1.807, 2.05) is 32.0 Å². The SMILES string of the molecule is COc1ccc(OC)c(C(N)CC(C)(C)CC(N)=O)c1. The molecule has 5 heteroatoms. The number of hydrogen-bond acceptors (Lipinski definition) is 4. The van der Waals surface area contributed by atoms with Crippen LogP contribution in [0.2, 0.25) is 0 Å². The number of ether oxygens (including phenoxy) is 2. The fraction of sp³-hybridized carbons (Fsp3) is 0.533. The number of carbonyl (C=O) groups is 1. The first-order chi connectivity index (χ1) is 9.29. The van der Waals surface area contributed by atoms with Crippen molar-refractivity contribution >= 4 is 5.91 Å². The normalized spacial score (nSPS) is 12.8. The third-order valence-electron chi connectivity index (χ3n) is 3.26. The van der Waals surface area contributed by atoms with E-state index >= 15 is 0 Å². The van der Waals surface area contributed by atoms with E-state index in [1.165, 1.54) is 0 Å². The second kappa shape index (κ2) is 6.61. The standard InChI is InChI=1S/C15H24N2O3/c1-15(2,9-14(17)18)8-12(16)11-7-10(19-3)5-6-13(11)20-4/h5-7,12H,8-9,16H2,1-4H3,(H2,17,18). The topological polar surface area (TPSA) is 87.6 Å². The summed E-state index contributed by atoms with van der Waals surface area (Å²) >= 11 is 0. The zero-order chi connectivity index (χ0) is 15.3. The summed E-state index contributed by atoms with van der Waals surface area (Å²) in [6.45, 7) is 3.95. The number of nitrogens with two attached hydrogens (primary N) is 2. The van der Waals surface area contributed by atoms with Crippen molar-refractivity contribution < 1.29 is 14.3 Å². The van der Waals surface area contributed by atoms with Gasteiger partial charge in [-0.15, -0.1) is 0 Å². The Bertz CT molecular complexity index is 472. The number of rotatable bonds is 7. The van der Waals surface area contributed by atoms with Gasteiger partial charge in [0, 0.05) is 18.0 Å². The van der Waals surface area contributed by atoms with E-state index in [2.05, 4.69) is 0 Å². The molecule has 0 aromatic heterocycles. The van der Waals surface area contributed by atoms with Crippen molar-refractivity contribution in [3.05, 3.63) is 23.8 Å². The molecule has 0 aliphatic carbocycles. The molecule has 1 aromatic carbocycles. The third-order valence-corrected chi connectivity index (χ3v) is 3.26. The molecule has 0 radical (unpaired) electrons. The van der Waals surface area contributed by atoms with Crippen molar-refractivity contribution in [1.82, 2.24) is 0 Å². The molecular weight excluding hydrogens is 256 g/mol. The number of methoxy groups -OCH3 is 2. The zero-order valence-electron chi connectivity index (χ0n) is 12.6. The first kappa shape index (κ1) is 16.3. The van der Waals surface area contributed by atoms with Crippen LogP contribution in [0.25, 0.3) is 0 Å². The molecular formula is C15H24N2O3. The van der Waals surface area contributed by atoms with Gasteiger partial charge >= 0.3 is 0 Å². The van der Waals surface area contributed by atoms with Crippen LogP contribution in [0.5, 0.6) is 11.5 Å². The lowest BCUT2D eigenvalue weighted by Crippen LogP contribution is -2.27. The predicted octanol–water partition coefficient (Wildman–Crippen LogP) is 2.00. The van der Waals surface area contributed by atoms with E-state index < -0.39 is 0 Å². The van der Waals surface area contributed by atoms with Crippen LogP contribution in [-0.2, 0) is 4.79 Å².